The predicted octanol–water partition coefficient (Wildman–Crippen LogP) is 3.53. The molecule has 0 aliphatic rings. The van der Waals surface area contributed by atoms with Crippen LogP contribution in [0.1, 0.15) is 25.3 Å². The van der Waals surface area contributed by atoms with Crippen LogP contribution in [-0.2, 0) is 0 Å². The zero-order valence-corrected chi connectivity index (χ0v) is 11.9. The van der Waals surface area contributed by atoms with Crippen LogP contribution in [0.25, 0.3) is 16.9 Å². The highest BCUT2D eigenvalue weighted by Crippen LogP contribution is 2.30. The Morgan fingerprint density at radius 1 is 1.15 bits per heavy atom. The van der Waals surface area contributed by atoms with Gasteiger partial charge in [0, 0.05) is 18.0 Å². The Hall–Kier alpha value is -2.36. The lowest BCUT2D eigenvalue weighted by atomic mass is 9.98. The maximum absolute atomic E-state index is 5.42. The van der Waals surface area contributed by atoms with Crippen LogP contribution in [-0.4, -0.2) is 21.7 Å². The first kappa shape index (κ1) is 12.7. The van der Waals surface area contributed by atoms with E-state index in [0.29, 0.717) is 5.92 Å². The van der Waals surface area contributed by atoms with Crippen molar-refractivity contribution in [3.05, 3.63) is 48.3 Å². The molecule has 0 aliphatic heterocycles. The molecule has 0 bridgehead atoms. The zero-order chi connectivity index (χ0) is 14.1. The number of hydrogen-bond donors (Lipinski definition) is 0. The van der Waals surface area contributed by atoms with E-state index in [0.717, 1.165) is 22.7 Å². The van der Waals surface area contributed by atoms with Crippen LogP contribution in [0.15, 0.2) is 42.7 Å². The van der Waals surface area contributed by atoms with E-state index >= 15 is 0 Å². The van der Waals surface area contributed by atoms with E-state index in [9.17, 15) is 0 Å². The number of nitrogens with zero attached hydrogens (tertiary/aromatic N) is 3. The van der Waals surface area contributed by atoms with Gasteiger partial charge >= 0.3 is 0 Å². The third-order valence-corrected chi connectivity index (χ3v) is 3.40. The van der Waals surface area contributed by atoms with Gasteiger partial charge in [-0.3, -0.25) is 0 Å². The smallest absolute Gasteiger partial charge is 0.153 e. The van der Waals surface area contributed by atoms with Crippen LogP contribution in [0, 0.1) is 0 Å². The zero-order valence-electron chi connectivity index (χ0n) is 11.9. The lowest BCUT2D eigenvalue weighted by Crippen LogP contribution is -1.97. The summed E-state index contributed by atoms with van der Waals surface area (Å²) in [6.45, 7) is 4.32. The van der Waals surface area contributed by atoms with Crippen molar-refractivity contribution in [2.75, 3.05) is 7.11 Å². The molecule has 0 atom stereocenters. The average molecular weight is 267 g/mol. The summed E-state index contributed by atoms with van der Waals surface area (Å²) in [5.41, 5.74) is 4.06. The van der Waals surface area contributed by atoms with Crippen LogP contribution < -0.4 is 4.74 Å². The van der Waals surface area contributed by atoms with E-state index < -0.39 is 0 Å². The average Bonchev–Trinajstić information content (AvgIpc) is 2.93. The number of methoxy groups -OCH3 is 1. The van der Waals surface area contributed by atoms with Gasteiger partial charge in [0.25, 0.3) is 0 Å². The molecule has 0 fully saturated rings. The minimum atomic E-state index is 0.405. The first-order chi connectivity index (χ1) is 9.69. The highest BCUT2D eigenvalue weighted by Gasteiger charge is 2.10. The third kappa shape index (κ3) is 2.13. The van der Waals surface area contributed by atoms with Crippen molar-refractivity contribution in [2.24, 2.45) is 0 Å². The fraction of sp³-hybridized carbons (Fsp3) is 0.250. The van der Waals surface area contributed by atoms with E-state index in [1.807, 2.05) is 30.5 Å². The largest absolute Gasteiger partial charge is 0.496 e. The number of fused-ring (bicyclic) bond motifs is 1. The molecule has 4 heteroatoms. The van der Waals surface area contributed by atoms with Gasteiger partial charge in [0.05, 0.1) is 12.8 Å². The Labute approximate surface area is 118 Å². The Morgan fingerprint density at radius 3 is 2.75 bits per heavy atom. The number of rotatable bonds is 3. The van der Waals surface area contributed by atoms with Crippen molar-refractivity contribution >= 4 is 5.65 Å². The van der Waals surface area contributed by atoms with Gasteiger partial charge in [-0.05, 0) is 41.8 Å². The molecular formula is C16H17N3O. The van der Waals surface area contributed by atoms with E-state index in [-0.39, 0.29) is 0 Å². The van der Waals surface area contributed by atoms with E-state index in [4.69, 9.17) is 4.74 Å². The van der Waals surface area contributed by atoms with Gasteiger partial charge in [0.15, 0.2) is 5.65 Å². The SMILES string of the molecule is COc1ccc(-c2ccc3nccn3n2)cc1C(C)C. The number of ether oxygens (including phenoxy) is 1. The summed E-state index contributed by atoms with van der Waals surface area (Å²) < 4.78 is 7.21. The summed E-state index contributed by atoms with van der Waals surface area (Å²) in [7, 11) is 1.71. The molecule has 2 heterocycles. The molecular weight excluding hydrogens is 250 g/mol. The van der Waals surface area contributed by atoms with Crippen LogP contribution in [0.3, 0.4) is 0 Å². The van der Waals surface area contributed by atoms with Gasteiger partial charge in [0.1, 0.15) is 5.75 Å². The normalized spacial score (nSPS) is 11.2. The summed E-state index contributed by atoms with van der Waals surface area (Å²) in [5.74, 6) is 1.33. The summed E-state index contributed by atoms with van der Waals surface area (Å²) in [6, 6.07) is 10.2. The Balaban J connectivity index is 2.11. The Morgan fingerprint density at radius 2 is 2.00 bits per heavy atom. The van der Waals surface area contributed by atoms with Crippen LogP contribution >= 0.6 is 0 Å². The standard InChI is InChI=1S/C16H17N3O/c1-11(2)13-10-12(4-6-15(13)20-3)14-5-7-16-17-8-9-19(16)18-14/h4-11H,1-3H3. The van der Waals surface area contributed by atoms with Crippen LogP contribution in [0.4, 0.5) is 0 Å². The minimum Gasteiger partial charge on any atom is -0.496 e. The molecule has 0 aliphatic carbocycles. The molecule has 0 spiro atoms. The second-order valence-corrected chi connectivity index (χ2v) is 5.06. The molecule has 0 saturated heterocycles. The monoisotopic (exact) mass is 267 g/mol. The van der Waals surface area contributed by atoms with Crippen molar-refractivity contribution in [3.8, 4) is 17.0 Å². The van der Waals surface area contributed by atoms with E-state index in [1.54, 1.807) is 17.8 Å². The molecule has 0 amide bonds. The molecule has 1 aromatic carbocycles. The number of aromatic nitrogens is 3. The molecule has 3 aromatic rings. The summed E-state index contributed by atoms with van der Waals surface area (Å²) in [5, 5.41) is 4.57. The highest BCUT2D eigenvalue weighted by molar-refractivity contribution is 5.63. The molecule has 0 N–H and O–H groups in total. The molecule has 2 aromatic heterocycles. The highest BCUT2D eigenvalue weighted by atomic mass is 16.5. The minimum absolute atomic E-state index is 0.405. The van der Waals surface area contributed by atoms with Crippen LogP contribution in [0.5, 0.6) is 5.75 Å². The molecule has 0 saturated carbocycles. The van der Waals surface area contributed by atoms with Crippen molar-refractivity contribution in [1.82, 2.24) is 14.6 Å². The first-order valence-corrected chi connectivity index (χ1v) is 6.68. The van der Waals surface area contributed by atoms with Gasteiger partial charge in [-0.25, -0.2) is 9.50 Å². The summed E-state index contributed by atoms with van der Waals surface area (Å²) in [6.07, 6.45) is 3.60. The first-order valence-electron chi connectivity index (χ1n) is 6.68. The predicted molar refractivity (Wildman–Crippen MR) is 79.1 cm³/mol. The number of imidazole rings is 1. The maximum atomic E-state index is 5.42. The van der Waals surface area contributed by atoms with E-state index in [2.05, 4.69) is 30.0 Å². The summed E-state index contributed by atoms with van der Waals surface area (Å²) >= 11 is 0. The van der Waals surface area contributed by atoms with Gasteiger partial charge in [-0.2, -0.15) is 5.10 Å². The summed E-state index contributed by atoms with van der Waals surface area (Å²) in [4.78, 5) is 4.21. The van der Waals surface area contributed by atoms with Crippen molar-refractivity contribution in [3.63, 3.8) is 0 Å². The fourth-order valence-corrected chi connectivity index (χ4v) is 2.31. The molecule has 0 unspecified atom stereocenters. The van der Waals surface area contributed by atoms with Crippen LogP contribution in [0.2, 0.25) is 0 Å². The number of benzene rings is 1. The molecule has 20 heavy (non-hydrogen) atoms. The molecule has 4 nitrogen and oxygen atoms in total. The molecule has 3 rings (SSSR count). The van der Waals surface area contributed by atoms with Crippen molar-refractivity contribution in [2.45, 2.75) is 19.8 Å². The Kier molecular flexibility index (Phi) is 3.14. The second kappa shape index (κ2) is 4.96. The quantitative estimate of drug-likeness (QED) is 0.728. The second-order valence-electron chi connectivity index (χ2n) is 5.06. The Bertz CT molecular complexity index is 746. The number of hydrogen-bond acceptors (Lipinski definition) is 3. The van der Waals surface area contributed by atoms with Crippen molar-refractivity contribution in [1.29, 1.82) is 0 Å². The molecule has 102 valence electrons. The lowest BCUT2D eigenvalue weighted by molar-refractivity contribution is 0.407. The topological polar surface area (TPSA) is 39.4 Å². The van der Waals surface area contributed by atoms with Gasteiger partial charge in [-0.15, -0.1) is 0 Å². The maximum Gasteiger partial charge on any atom is 0.153 e. The van der Waals surface area contributed by atoms with Gasteiger partial charge in [0.2, 0.25) is 0 Å². The van der Waals surface area contributed by atoms with E-state index in [1.165, 1.54) is 5.56 Å². The lowest BCUT2D eigenvalue weighted by Gasteiger charge is -2.13. The van der Waals surface area contributed by atoms with Gasteiger partial charge < -0.3 is 4.74 Å². The third-order valence-electron chi connectivity index (χ3n) is 3.40. The fourth-order valence-electron chi connectivity index (χ4n) is 2.31. The van der Waals surface area contributed by atoms with Crippen molar-refractivity contribution < 1.29 is 4.74 Å². The van der Waals surface area contributed by atoms with Gasteiger partial charge in [-0.1, -0.05) is 13.8 Å². The molecule has 0 radical (unpaired) electrons.